The van der Waals surface area contributed by atoms with E-state index in [2.05, 4.69) is 17.6 Å². The van der Waals surface area contributed by atoms with Crippen LogP contribution in [-0.4, -0.2) is 21.8 Å². The smallest absolute Gasteiger partial charge is 0.335 e. The quantitative estimate of drug-likeness (QED) is 0.747. The Kier molecular flexibility index (Phi) is 4.19. The van der Waals surface area contributed by atoms with Gasteiger partial charge in [-0.2, -0.15) is 12.6 Å². The normalized spacial score (nSPS) is 10.6. The molecular formula is C10H11NO2S. The first-order valence-corrected chi connectivity index (χ1v) is 4.84. The lowest BCUT2D eigenvalue weighted by atomic mass is 10.2. The van der Waals surface area contributed by atoms with Gasteiger partial charge in [0, 0.05) is 6.20 Å². The first kappa shape index (κ1) is 10.8. The van der Waals surface area contributed by atoms with Crippen LogP contribution in [0.3, 0.4) is 0 Å². The number of aromatic nitrogens is 1. The topological polar surface area (TPSA) is 50.2 Å². The van der Waals surface area contributed by atoms with Gasteiger partial charge >= 0.3 is 5.97 Å². The standard InChI is InChI=1S/C10H11NO2S/c12-10(13)8-4-5-11-9(7-8)3-1-2-6-14/h1,3-5,7,14H,2,6H2,(H,12,13). The number of thiol groups is 1. The molecule has 3 nitrogen and oxygen atoms in total. The monoisotopic (exact) mass is 209 g/mol. The number of allylic oxidation sites excluding steroid dienone is 1. The van der Waals surface area contributed by atoms with E-state index >= 15 is 0 Å². The molecule has 0 aromatic carbocycles. The van der Waals surface area contributed by atoms with Crippen molar-refractivity contribution in [2.24, 2.45) is 0 Å². The van der Waals surface area contributed by atoms with Gasteiger partial charge < -0.3 is 5.11 Å². The average Bonchev–Trinajstić information content (AvgIpc) is 2.19. The average molecular weight is 209 g/mol. The third kappa shape index (κ3) is 3.22. The fourth-order valence-corrected chi connectivity index (χ4v) is 1.10. The summed E-state index contributed by atoms with van der Waals surface area (Å²) in [6.07, 6.45) is 6.05. The molecule has 1 aromatic heterocycles. The summed E-state index contributed by atoms with van der Waals surface area (Å²) in [5.41, 5.74) is 0.914. The van der Waals surface area contributed by atoms with Crippen molar-refractivity contribution < 1.29 is 9.90 Å². The number of rotatable bonds is 4. The molecule has 14 heavy (non-hydrogen) atoms. The summed E-state index contributed by atoms with van der Waals surface area (Å²) in [6.45, 7) is 0. The van der Waals surface area contributed by atoms with E-state index in [0.29, 0.717) is 5.69 Å². The SMILES string of the molecule is O=C(O)c1ccnc(C=CCCS)c1. The molecule has 0 aliphatic rings. The second-order valence-corrected chi connectivity index (χ2v) is 3.14. The van der Waals surface area contributed by atoms with Gasteiger partial charge in [0.2, 0.25) is 0 Å². The van der Waals surface area contributed by atoms with Crippen molar-refractivity contribution in [3.05, 3.63) is 35.7 Å². The van der Waals surface area contributed by atoms with Crippen LogP contribution in [0, 0.1) is 0 Å². The van der Waals surface area contributed by atoms with Crippen molar-refractivity contribution >= 4 is 24.7 Å². The molecule has 0 fully saturated rings. The zero-order chi connectivity index (χ0) is 10.4. The molecule has 0 aliphatic heterocycles. The van der Waals surface area contributed by atoms with Gasteiger partial charge in [0.05, 0.1) is 11.3 Å². The molecule has 1 heterocycles. The second kappa shape index (κ2) is 5.44. The van der Waals surface area contributed by atoms with Gasteiger partial charge in [-0.25, -0.2) is 4.79 Å². The highest BCUT2D eigenvalue weighted by molar-refractivity contribution is 7.80. The predicted octanol–water partition coefficient (Wildman–Crippen LogP) is 2.11. The number of nitrogens with zero attached hydrogens (tertiary/aromatic N) is 1. The van der Waals surface area contributed by atoms with Gasteiger partial charge in [0.1, 0.15) is 0 Å². The van der Waals surface area contributed by atoms with Crippen molar-refractivity contribution in [1.82, 2.24) is 4.98 Å². The second-order valence-electron chi connectivity index (χ2n) is 2.69. The van der Waals surface area contributed by atoms with E-state index < -0.39 is 5.97 Å². The molecule has 4 heteroatoms. The van der Waals surface area contributed by atoms with E-state index in [4.69, 9.17) is 5.11 Å². The molecule has 1 rings (SSSR count). The maximum atomic E-state index is 10.6. The third-order valence-corrected chi connectivity index (χ3v) is 1.87. The van der Waals surface area contributed by atoms with Crippen LogP contribution in [0.25, 0.3) is 6.08 Å². The third-order valence-electron chi connectivity index (χ3n) is 1.61. The van der Waals surface area contributed by atoms with E-state index in [9.17, 15) is 4.79 Å². The molecule has 0 atom stereocenters. The first-order valence-electron chi connectivity index (χ1n) is 4.21. The number of hydrogen-bond acceptors (Lipinski definition) is 3. The van der Waals surface area contributed by atoms with Crippen LogP contribution in [0.2, 0.25) is 0 Å². The summed E-state index contributed by atoms with van der Waals surface area (Å²) in [7, 11) is 0. The Morgan fingerprint density at radius 2 is 2.43 bits per heavy atom. The van der Waals surface area contributed by atoms with Crippen LogP contribution in [0.15, 0.2) is 24.4 Å². The fraction of sp³-hybridized carbons (Fsp3) is 0.200. The molecule has 0 saturated heterocycles. The van der Waals surface area contributed by atoms with E-state index in [1.807, 2.05) is 6.08 Å². The van der Waals surface area contributed by atoms with Crippen LogP contribution >= 0.6 is 12.6 Å². The lowest BCUT2D eigenvalue weighted by Gasteiger charge is -1.95. The number of carboxylic acids is 1. The minimum Gasteiger partial charge on any atom is -0.478 e. The molecule has 1 aromatic rings. The maximum absolute atomic E-state index is 10.6. The molecule has 0 unspecified atom stereocenters. The molecule has 0 radical (unpaired) electrons. The highest BCUT2D eigenvalue weighted by Crippen LogP contribution is 2.04. The first-order chi connectivity index (χ1) is 6.74. The number of aromatic carboxylic acids is 1. The zero-order valence-electron chi connectivity index (χ0n) is 7.55. The summed E-state index contributed by atoms with van der Waals surface area (Å²) < 4.78 is 0. The van der Waals surface area contributed by atoms with Crippen molar-refractivity contribution in [3.63, 3.8) is 0 Å². The van der Waals surface area contributed by atoms with Crippen molar-refractivity contribution in [1.29, 1.82) is 0 Å². The Bertz CT molecular complexity index is 350. The molecule has 0 saturated carbocycles. The van der Waals surface area contributed by atoms with Crippen LogP contribution in [0.1, 0.15) is 22.5 Å². The highest BCUT2D eigenvalue weighted by atomic mass is 32.1. The minimum absolute atomic E-state index is 0.255. The van der Waals surface area contributed by atoms with Gasteiger partial charge in [-0.1, -0.05) is 6.08 Å². The Hall–Kier alpha value is -1.29. The summed E-state index contributed by atoms with van der Waals surface area (Å²) in [5, 5.41) is 8.72. The molecule has 74 valence electrons. The van der Waals surface area contributed by atoms with E-state index in [-0.39, 0.29) is 5.56 Å². The van der Waals surface area contributed by atoms with Gasteiger partial charge in [-0.15, -0.1) is 0 Å². The van der Waals surface area contributed by atoms with Crippen LogP contribution in [-0.2, 0) is 0 Å². The van der Waals surface area contributed by atoms with Gasteiger partial charge in [-0.05, 0) is 30.4 Å². The minimum atomic E-state index is -0.934. The molecule has 1 N–H and O–H groups in total. The van der Waals surface area contributed by atoms with Crippen molar-refractivity contribution in [2.75, 3.05) is 5.75 Å². The zero-order valence-corrected chi connectivity index (χ0v) is 8.45. The summed E-state index contributed by atoms with van der Waals surface area (Å²) in [6, 6.07) is 3.01. The highest BCUT2D eigenvalue weighted by Gasteiger charge is 2.01. The number of carbonyl (C=O) groups is 1. The van der Waals surface area contributed by atoms with E-state index in [0.717, 1.165) is 12.2 Å². The Morgan fingerprint density at radius 1 is 1.64 bits per heavy atom. The molecule has 0 bridgehead atoms. The van der Waals surface area contributed by atoms with Crippen molar-refractivity contribution in [2.45, 2.75) is 6.42 Å². The Labute approximate surface area is 87.9 Å². The van der Waals surface area contributed by atoms with E-state index in [1.165, 1.54) is 18.3 Å². The van der Waals surface area contributed by atoms with E-state index in [1.54, 1.807) is 6.08 Å². The van der Waals surface area contributed by atoms with Crippen LogP contribution < -0.4 is 0 Å². The summed E-state index contributed by atoms with van der Waals surface area (Å²) in [5.74, 6) is -0.161. The number of carboxylic acid groups (broad SMARTS) is 1. The van der Waals surface area contributed by atoms with Gasteiger partial charge in [-0.3, -0.25) is 4.98 Å². The molecule has 0 amide bonds. The molecule has 0 aliphatic carbocycles. The Morgan fingerprint density at radius 3 is 3.07 bits per heavy atom. The summed E-state index contributed by atoms with van der Waals surface area (Å²) >= 11 is 4.05. The molecule has 0 spiro atoms. The van der Waals surface area contributed by atoms with Crippen molar-refractivity contribution in [3.8, 4) is 0 Å². The predicted molar refractivity (Wildman–Crippen MR) is 58.7 cm³/mol. The van der Waals surface area contributed by atoms with Crippen LogP contribution in [0.5, 0.6) is 0 Å². The number of hydrogen-bond donors (Lipinski definition) is 2. The van der Waals surface area contributed by atoms with Gasteiger partial charge in [0.15, 0.2) is 0 Å². The summed E-state index contributed by atoms with van der Waals surface area (Å²) in [4.78, 5) is 14.6. The fourth-order valence-electron chi connectivity index (χ4n) is 0.951. The largest absolute Gasteiger partial charge is 0.478 e. The lowest BCUT2D eigenvalue weighted by molar-refractivity contribution is 0.0696. The van der Waals surface area contributed by atoms with Gasteiger partial charge in [0.25, 0.3) is 0 Å². The Balaban J connectivity index is 2.78. The maximum Gasteiger partial charge on any atom is 0.335 e. The number of pyridine rings is 1. The van der Waals surface area contributed by atoms with Crippen LogP contribution in [0.4, 0.5) is 0 Å². The molecular weight excluding hydrogens is 198 g/mol. The lowest BCUT2D eigenvalue weighted by Crippen LogP contribution is -1.96.